The maximum absolute atomic E-state index is 6.00. The third-order valence-electron chi connectivity index (χ3n) is 2.08. The van der Waals surface area contributed by atoms with Crippen LogP contribution in [0.5, 0.6) is 0 Å². The summed E-state index contributed by atoms with van der Waals surface area (Å²) in [5, 5.41) is 3.13. The maximum Gasteiger partial charge on any atom is 0.120 e. The number of aliphatic imine (C=N–C) groups is 1. The Balaban J connectivity index is 2.77. The monoisotopic (exact) mass is 355 g/mol. The highest BCUT2D eigenvalue weighted by atomic mass is 127. The van der Waals surface area contributed by atoms with E-state index < -0.39 is 0 Å². The maximum atomic E-state index is 6.00. The number of allylic oxidation sites excluding steroid dienone is 1. The summed E-state index contributed by atoms with van der Waals surface area (Å²) in [7, 11) is 0. The molecule has 0 unspecified atom stereocenters. The van der Waals surface area contributed by atoms with E-state index in [4.69, 9.17) is 5.73 Å². The lowest BCUT2D eigenvalue weighted by atomic mass is 10.1. The van der Waals surface area contributed by atoms with Crippen molar-refractivity contribution in [3.8, 4) is 0 Å². The SMILES string of the molecule is C=C(/N=C(I)\C=C(/N)c1ccccc1)NC(C)C. The van der Waals surface area contributed by atoms with Gasteiger partial charge in [-0.1, -0.05) is 36.9 Å². The Kier molecular flexibility index (Phi) is 5.91. The van der Waals surface area contributed by atoms with Gasteiger partial charge in [-0.15, -0.1) is 0 Å². The lowest BCUT2D eigenvalue weighted by Crippen LogP contribution is -2.20. The molecule has 18 heavy (non-hydrogen) atoms. The molecule has 0 amide bonds. The van der Waals surface area contributed by atoms with Crippen molar-refractivity contribution in [2.24, 2.45) is 10.7 Å². The zero-order valence-electron chi connectivity index (χ0n) is 10.7. The van der Waals surface area contributed by atoms with E-state index in [-0.39, 0.29) is 0 Å². The van der Waals surface area contributed by atoms with Crippen molar-refractivity contribution in [1.82, 2.24) is 5.32 Å². The van der Waals surface area contributed by atoms with Gasteiger partial charge in [-0.2, -0.15) is 0 Å². The highest BCUT2D eigenvalue weighted by molar-refractivity contribution is 14.1. The predicted octanol–water partition coefficient (Wildman–Crippen LogP) is 3.29. The van der Waals surface area contributed by atoms with Crippen molar-refractivity contribution in [3.63, 3.8) is 0 Å². The highest BCUT2D eigenvalue weighted by Crippen LogP contribution is 2.10. The number of hydrogen-bond donors (Lipinski definition) is 2. The third-order valence-corrected chi connectivity index (χ3v) is 2.63. The first-order valence-corrected chi connectivity index (χ1v) is 6.79. The Morgan fingerprint density at radius 2 is 2.00 bits per heavy atom. The first kappa shape index (κ1) is 14.8. The molecule has 0 spiro atoms. The Morgan fingerprint density at radius 1 is 1.39 bits per heavy atom. The van der Waals surface area contributed by atoms with Gasteiger partial charge in [0.25, 0.3) is 0 Å². The van der Waals surface area contributed by atoms with Crippen molar-refractivity contribution >= 4 is 32.0 Å². The van der Waals surface area contributed by atoms with Gasteiger partial charge in [0.1, 0.15) is 9.54 Å². The molecule has 0 heterocycles. The van der Waals surface area contributed by atoms with Gasteiger partial charge in [-0.25, -0.2) is 4.99 Å². The summed E-state index contributed by atoms with van der Waals surface area (Å²) in [4.78, 5) is 4.32. The Morgan fingerprint density at radius 3 is 2.56 bits per heavy atom. The Bertz CT molecular complexity index is 461. The second kappa shape index (κ2) is 7.20. The van der Waals surface area contributed by atoms with Gasteiger partial charge in [0, 0.05) is 11.7 Å². The topological polar surface area (TPSA) is 50.4 Å². The largest absolute Gasteiger partial charge is 0.398 e. The minimum atomic E-state index is 0.320. The highest BCUT2D eigenvalue weighted by Gasteiger charge is 1.98. The predicted molar refractivity (Wildman–Crippen MR) is 87.5 cm³/mol. The van der Waals surface area contributed by atoms with Gasteiger partial charge in [-0.3, -0.25) is 0 Å². The van der Waals surface area contributed by atoms with Crippen molar-refractivity contribution in [1.29, 1.82) is 0 Å². The first-order chi connectivity index (χ1) is 8.49. The van der Waals surface area contributed by atoms with E-state index in [1.807, 2.05) is 50.3 Å². The van der Waals surface area contributed by atoms with Crippen LogP contribution in [0, 0.1) is 0 Å². The summed E-state index contributed by atoms with van der Waals surface area (Å²) >= 11 is 2.14. The lowest BCUT2D eigenvalue weighted by molar-refractivity contribution is 0.666. The summed E-state index contributed by atoms with van der Waals surface area (Å²) in [5.74, 6) is 0.645. The fraction of sp³-hybridized carbons (Fsp3) is 0.214. The molecule has 0 saturated heterocycles. The normalized spacial score (nSPS) is 12.7. The molecule has 3 nitrogen and oxygen atoms in total. The molecule has 0 aliphatic carbocycles. The summed E-state index contributed by atoms with van der Waals surface area (Å²) in [5.41, 5.74) is 7.68. The van der Waals surface area contributed by atoms with Gasteiger partial charge >= 0.3 is 0 Å². The van der Waals surface area contributed by atoms with Crippen molar-refractivity contribution in [2.75, 3.05) is 0 Å². The van der Waals surface area contributed by atoms with Gasteiger partial charge in [0.05, 0.1) is 0 Å². The second-order valence-electron chi connectivity index (χ2n) is 4.15. The number of rotatable bonds is 5. The van der Waals surface area contributed by atoms with Crippen LogP contribution in [0.1, 0.15) is 19.4 Å². The number of benzene rings is 1. The molecule has 0 fully saturated rings. The number of nitrogens with two attached hydrogens (primary N) is 1. The molecule has 4 heteroatoms. The molecule has 96 valence electrons. The van der Waals surface area contributed by atoms with Crippen molar-refractivity contribution < 1.29 is 0 Å². The second-order valence-corrected chi connectivity index (χ2v) is 5.25. The van der Waals surface area contributed by atoms with Crippen LogP contribution < -0.4 is 11.1 Å². The molecule has 0 aliphatic rings. The van der Waals surface area contributed by atoms with E-state index >= 15 is 0 Å². The van der Waals surface area contributed by atoms with Crippen LogP contribution in [0.2, 0.25) is 0 Å². The standard InChI is InChI=1S/C14H18IN3/c1-10(2)17-11(3)18-14(15)9-13(16)12-7-5-4-6-8-12/h4-10,17H,3,16H2,1-2H3/b13-9-,18-14+. The fourth-order valence-electron chi connectivity index (χ4n) is 1.37. The van der Waals surface area contributed by atoms with Gasteiger partial charge < -0.3 is 11.1 Å². The minimum absolute atomic E-state index is 0.320. The number of halogens is 1. The molecule has 1 rings (SSSR count). The Hall–Kier alpha value is -1.30. The Labute approximate surface area is 122 Å². The van der Waals surface area contributed by atoms with Crippen molar-refractivity contribution in [3.05, 3.63) is 54.4 Å². The third kappa shape index (κ3) is 5.35. The van der Waals surface area contributed by atoms with E-state index in [1.165, 1.54) is 0 Å². The number of hydrogen-bond acceptors (Lipinski definition) is 3. The fourth-order valence-corrected chi connectivity index (χ4v) is 2.00. The van der Waals surface area contributed by atoms with E-state index in [0.29, 0.717) is 17.6 Å². The smallest absolute Gasteiger partial charge is 0.120 e. The van der Waals surface area contributed by atoms with Crippen LogP contribution in [-0.2, 0) is 0 Å². The average Bonchev–Trinajstić information content (AvgIpc) is 2.28. The molecule has 3 N–H and O–H groups in total. The average molecular weight is 355 g/mol. The van der Waals surface area contributed by atoms with E-state index in [9.17, 15) is 0 Å². The summed E-state index contributed by atoms with van der Waals surface area (Å²) in [6, 6.07) is 10.1. The van der Waals surface area contributed by atoms with Gasteiger partial charge in [0.2, 0.25) is 0 Å². The quantitative estimate of drug-likeness (QED) is 0.629. The molecule has 0 aliphatic heterocycles. The summed E-state index contributed by atoms with van der Waals surface area (Å²) in [6.45, 7) is 7.93. The van der Waals surface area contributed by atoms with Crippen LogP contribution >= 0.6 is 22.6 Å². The lowest BCUT2D eigenvalue weighted by Gasteiger charge is -2.08. The van der Waals surface area contributed by atoms with Crippen LogP contribution in [0.3, 0.4) is 0 Å². The zero-order valence-corrected chi connectivity index (χ0v) is 12.8. The first-order valence-electron chi connectivity index (χ1n) is 5.71. The number of nitrogens with zero attached hydrogens (tertiary/aromatic N) is 1. The molecule has 1 aromatic carbocycles. The molecule has 1 aromatic rings. The summed E-state index contributed by atoms with van der Waals surface area (Å²) < 4.78 is 0.798. The van der Waals surface area contributed by atoms with Crippen LogP contribution in [0.15, 0.2) is 53.8 Å². The van der Waals surface area contributed by atoms with Crippen molar-refractivity contribution in [2.45, 2.75) is 19.9 Å². The molecule has 0 saturated carbocycles. The molecular weight excluding hydrogens is 337 g/mol. The molecule has 0 radical (unpaired) electrons. The van der Waals surface area contributed by atoms with E-state index in [1.54, 1.807) is 0 Å². The molecule has 0 bridgehead atoms. The zero-order chi connectivity index (χ0) is 13.5. The van der Waals surface area contributed by atoms with E-state index in [0.717, 1.165) is 9.28 Å². The van der Waals surface area contributed by atoms with Crippen LogP contribution in [0.25, 0.3) is 5.70 Å². The van der Waals surface area contributed by atoms with Crippen LogP contribution in [0.4, 0.5) is 0 Å². The molecule has 0 atom stereocenters. The summed E-state index contributed by atoms with van der Waals surface area (Å²) in [6.07, 6.45) is 1.84. The van der Waals surface area contributed by atoms with E-state index in [2.05, 4.69) is 39.5 Å². The van der Waals surface area contributed by atoms with Gasteiger partial charge in [0.15, 0.2) is 0 Å². The molecular formula is C14H18IN3. The van der Waals surface area contributed by atoms with Gasteiger partial charge in [-0.05, 0) is 48.1 Å². The van der Waals surface area contributed by atoms with Crippen LogP contribution in [-0.4, -0.2) is 9.76 Å². The number of nitrogens with one attached hydrogen (secondary N) is 1. The molecule has 0 aromatic heterocycles. The minimum Gasteiger partial charge on any atom is -0.398 e.